The maximum Gasteiger partial charge on any atom is 0.157 e. The molecule has 3 nitrogen and oxygen atoms in total. The molecule has 2 atom stereocenters. The maximum atomic E-state index is 9.49. The molecule has 0 aliphatic carbocycles. The molecule has 0 aliphatic rings. The summed E-state index contributed by atoms with van der Waals surface area (Å²) in [5.74, 6) is 0.229. The second kappa shape index (κ2) is 9.13. The third-order valence-electron chi connectivity index (χ3n) is 2.18. The van der Waals surface area contributed by atoms with E-state index in [0.717, 1.165) is 17.4 Å². The minimum absolute atomic E-state index is 0. The van der Waals surface area contributed by atoms with E-state index in [4.69, 9.17) is 4.74 Å². The van der Waals surface area contributed by atoms with Gasteiger partial charge in [0.1, 0.15) is 6.54 Å². The van der Waals surface area contributed by atoms with Gasteiger partial charge < -0.3 is 14.3 Å². The Morgan fingerprint density at radius 1 is 1.20 bits per heavy atom. The van der Waals surface area contributed by atoms with Crippen molar-refractivity contribution in [2.75, 3.05) is 34.3 Å². The Morgan fingerprint density at radius 3 is 2.00 bits per heavy atom. The summed E-state index contributed by atoms with van der Waals surface area (Å²) in [4.78, 5) is 0. The van der Waals surface area contributed by atoms with E-state index in [1.54, 1.807) is 0 Å². The average Bonchev–Trinajstić information content (AvgIpc) is 2.00. The van der Waals surface area contributed by atoms with Gasteiger partial charge in [-0.3, -0.25) is 0 Å². The van der Waals surface area contributed by atoms with E-state index in [0.29, 0.717) is 6.61 Å². The molecule has 0 aromatic carbocycles. The van der Waals surface area contributed by atoms with Gasteiger partial charge in [-0.1, -0.05) is 28.7 Å². The van der Waals surface area contributed by atoms with Gasteiger partial charge in [-0.2, -0.15) is 0 Å². The fourth-order valence-electron chi connectivity index (χ4n) is 0.813. The van der Waals surface area contributed by atoms with Crippen molar-refractivity contribution in [3.8, 4) is 0 Å². The molecule has 0 saturated heterocycles. The number of aliphatic hydroxyl groups excluding tert-OH is 1. The lowest BCUT2D eigenvalue weighted by atomic mass is 10.1. The zero-order valence-electron chi connectivity index (χ0n) is 9.58. The number of aliphatic hydroxyl groups is 1. The van der Waals surface area contributed by atoms with Crippen LogP contribution >= 0.6 is 0 Å². The number of quaternary nitrogens is 1. The van der Waals surface area contributed by atoms with E-state index in [1.165, 1.54) is 0 Å². The van der Waals surface area contributed by atoms with Crippen LogP contribution in [0.3, 0.4) is 0 Å². The maximum absolute atomic E-state index is 9.49. The Bertz CT molecular complexity index is 132. The molecule has 1 N–H and O–H groups in total. The molecule has 2 unspecified atom stereocenters. The van der Waals surface area contributed by atoms with Gasteiger partial charge in [-0.05, 0) is 6.42 Å². The minimum Gasteiger partial charge on any atom is -0.368 e. The quantitative estimate of drug-likeness (QED) is 0.552. The number of likely N-dealkylation sites (N-methyl/N-ethyl adjacent to an activating group) is 1. The third-order valence-corrected chi connectivity index (χ3v) is 2.18. The molecule has 0 spiro atoms. The van der Waals surface area contributed by atoms with Gasteiger partial charge in [0.15, 0.2) is 6.29 Å². The zero-order valence-corrected chi connectivity index (χ0v) is 9.58. The molecule has 0 amide bonds. The second-order valence-electron chi connectivity index (χ2n) is 4.66. The van der Waals surface area contributed by atoms with Gasteiger partial charge in [-0.15, -0.1) is 0 Å². The molecule has 0 rings (SSSR count). The van der Waals surface area contributed by atoms with E-state index in [-0.39, 0.29) is 20.8 Å². The molecule has 0 aromatic heterocycles. The van der Waals surface area contributed by atoms with Crippen molar-refractivity contribution in [1.29, 1.82) is 0 Å². The fraction of sp³-hybridized carbons (Fsp3) is 1.00. The molecule has 3 heteroatoms. The summed E-state index contributed by atoms with van der Waals surface area (Å²) in [6, 6.07) is 0. The topological polar surface area (TPSA) is 29.5 Å². The van der Waals surface area contributed by atoms with E-state index in [2.05, 4.69) is 28.1 Å². The highest BCUT2D eigenvalue weighted by atomic mass is 16.6. The van der Waals surface area contributed by atoms with Crippen LogP contribution in [0.2, 0.25) is 0 Å². The van der Waals surface area contributed by atoms with Crippen molar-refractivity contribution in [1.82, 2.24) is 0 Å². The van der Waals surface area contributed by atoms with Crippen LogP contribution in [0.25, 0.3) is 0 Å². The first-order valence-electron chi connectivity index (χ1n) is 4.97. The summed E-state index contributed by atoms with van der Waals surface area (Å²) in [5, 5.41) is 9.49. The van der Waals surface area contributed by atoms with Crippen LogP contribution in [0.15, 0.2) is 0 Å². The smallest absolute Gasteiger partial charge is 0.157 e. The lowest BCUT2D eigenvalue weighted by Gasteiger charge is -2.25. The van der Waals surface area contributed by atoms with Crippen molar-refractivity contribution >= 4 is 0 Å². The van der Waals surface area contributed by atoms with Crippen LogP contribution in [0, 0.1) is 5.92 Å². The molecule has 0 fully saturated rings. The summed E-state index contributed by atoms with van der Waals surface area (Å²) in [5.41, 5.74) is 0. The molecule has 0 radical (unpaired) electrons. The lowest BCUT2D eigenvalue weighted by Crippen LogP contribution is -2.38. The summed E-state index contributed by atoms with van der Waals surface area (Å²) in [7, 11) is 6.33. The average molecular weight is 222 g/mol. The third kappa shape index (κ3) is 11.8. The summed E-state index contributed by atoms with van der Waals surface area (Å²) < 4.78 is 6.18. The number of hydrogen-bond acceptors (Lipinski definition) is 2. The first kappa shape index (κ1) is 20.3. The SMILES string of the molecule is C.C.CCC(C)C(O)OCC[N+](C)(C)C. The monoisotopic (exact) mass is 222 g/mol. The number of rotatable bonds is 6. The van der Waals surface area contributed by atoms with Gasteiger partial charge in [0.25, 0.3) is 0 Å². The largest absolute Gasteiger partial charge is 0.368 e. The molecular formula is C12H32NO2+. The van der Waals surface area contributed by atoms with Gasteiger partial charge in [0.2, 0.25) is 0 Å². The highest BCUT2D eigenvalue weighted by Crippen LogP contribution is 2.08. The van der Waals surface area contributed by atoms with Gasteiger partial charge >= 0.3 is 0 Å². The lowest BCUT2D eigenvalue weighted by molar-refractivity contribution is -0.871. The summed E-state index contributed by atoms with van der Waals surface area (Å²) in [6.45, 7) is 5.59. The van der Waals surface area contributed by atoms with Crippen LogP contribution in [0.4, 0.5) is 0 Å². The van der Waals surface area contributed by atoms with Gasteiger partial charge in [0, 0.05) is 5.92 Å². The van der Waals surface area contributed by atoms with E-state index >= 15 is 0 Å². The molecule has 0 heterocycles. The molecule has 0 bridgehead atoms. The van der Waals surface area contributed by atoms with Crippen LogP contribution in [-0.4, -0.2) is 50.2 Å². The molecule has 0 saturated carbocycles. The molecule has 15 heavy (non-hydrogen) atoms. The Labute approximate surface area is 96.6 Å². The van der Waals surface area contributed by atoms with Crippen molar-refractivity contribution < 1.29 is 14.3 Å². The van der Waals surface area contributed by atoms with Crippen LogP contribution in [0.1, 0.15) is 35.1 Å². The number of nitrogens with zero attached hydrogens (tertiary/aromatic N) is 1. The Morgan fingerprint density at radius 2 is 1.67 bits per heavy atom. The first-order valence-corrected chi connectivity index (χ1v) is 4.97. The van der Waals surface area contributed by atoms with Crippen LogP contribution < -0.4 is 0 Å². The minimum atomic E-state index is -0.600. The van der Waals surface area contributed by atoms with Gasteiger partial charge in [-0.25, -0.2) is 0 Å². The summed E-state index contributed by atoms with van der Waals surface area (Å²) in [6.07, 6.45) is 0.350. The van der Waals surface area contributed by atoms with E-state index in [1.807, 2.05) is 6.92 Å². The standard InChI is InChI=1S/C10H24NO2.2CH4/c1-6-9(2)10(12)13-8-7-11(3,4)5;;/h9-10,12H,6-8H2,1-5H3;2*1H4/q+1;;. The summed E-state index contributed by atoms with van der Waals surface area (Å²) >= 11 is 0. The van der Waals surface area contributed by atoms with E-state index in [9.17, 15) is 5.11 Å². The van der Waals surface area contributed by atoms with Crippen LogP contribution in [-0.2, 0) is 4.74 Å². The molecule has 0 aliphatic heterocycles. The predicted molar refractivity (Wildman–Crippen MR) is 67.8 cm³/mol. The van der Waals surface area contributed by atoms with E-state index < -0.39 is 6.29 Å². The second-order valence-corrected chi connectivity index (χ2v) is 4.66. The Hall–Kier alpha value is -0.120. The molecule has 0 aromatic rings. The van der Waals surface area contributed by atoms with Crippen LogP contribution in [0.5, 0.6) is 0 Å². The number of ether oxygens (including phenoxy) is 1. The zero-order chi connectivity index (χ0) is 10.5. The normalized spacial score (nSPS) is 14.8. The fourth-order valence-corrected chi connectivity index (χ4v) is 0.813. The Balaban J connectivity index is -0.000000720. The number of hydrogen-bond donors (Lipinski definition) is 1. The molecular weight excluding hydrogens is 190 g/mol. The molecule has 96 valence electrons. The predicted octanol–water partition coefficient (Wildman–Crippen LogP) is 2.35. The van der Waals surface area contributed by atoms with Crippen molar-refractivity contribution in [3.05, 3.63) is 0 Å². The van der Waals surface area contributed by atoms with Crippen molar-refractivity contribution in [2.45, 2.75) is 41.4 Å². The van der Waals surface area contributed by atoms with Crippen molar-refractivity contribution in [2.24, 2.45) is 5.92 Å². The highest BCUT2D eigenvalue weighted by molar-refractivity contribution is 4.51. The first-order chi connectivity index (χ1) is 5.87. The van der Waals surface area contributed by atoms with Crippen molar-refractivity contribution in [3.63, 3.8) is 0 Å². The highest BCUT2D eigenvalue weighted by Gasteiger charge is 2.14. The Kier molecular flexibility index (Phi) is 12.4. The van der Waals surface area contributed by atoms with Gasteiger partial charge in [0.05, 0.1) is 27.7 Å².